The molecule has 2 saturated heterocycles. The first-order valence-electron chi connectivity index (χ1n) is 35.3. The Bertz CT molecular complexity index is 3260. The fourth-order valence-corrected chi connectivity index (χ4v) is 13.0. The predicted molar refractivity (Wildman–Crippen MR) is 381 cm³/mol. The van der Waals surface area contributed by atoms with Crippen LogP contribution in [0.1, 0.15) is 137 Å². The maximum atomic E-state index is 15.5. The van der Waals surface area contributed by atoms with Crippen molar-refractivity contribution in [1.82, 2.24) is 60.9 Å². The van der Waals surface area contributed by atoms with E-state index in [1.807, 2.05) is 58.0 Å². The third-order valence-electron chi connectivity index (χ3n) is 19.0. The number of nitrogens with zero attached hydrogens (tertiary/aromatic N) is 7. The maximum absolute atomic E-state index is 15.5. The van der Waals surface area contributed by atoms with Crippen molar-refractivity contribution in [3.05, 3.63) is 108 Å². The smallest absolute Gasteiger partial charge is 0.248 e. The van der Waals surface area contributed by atoms with Crippen LogP contribution in [0.2, 0.25) is 0 Å². The molecule has 3 aromatic rings. The Balaban J connectivity index is 1.66. The van der Waals surface area contributed by atoms with Crippen LogP contribution in [0.25, 0.3) is 0 Å². The van der Waals surface area contributed by atoms with Gasteiger partial charge in [0.25, 0.3) is 0 Å². The molecule has 0 spiro atoms. The van der Waals surface area contributed by atoms with Gasteiger partial charge in [0.05, 0.1) is 19.1 Å². The molecule has 5 rings (SSSR count). The van der Waals surface area contributed by atoms with Gasteiger partial charge < -0.3 is 66.0 Å². The lowest BCUT2D eigenvalue weighted by Crippen LogP contribution is -2.62. The fraction of sp³-hybridized carbons (Fsp3) is 0.600. The normalized spacial score (nSPS) is 24.9. The number of hydrogen-bond acceptors (Lipinski definition) is 13. The molecule has 3 aromatic carbocycles. The van der Waals surface area contributed by atoms with Crippen LogP contribution >= 0.6 is 0 Å². The maximum Gasteiger partial charge on any atom is 0.248 e. The van der Waals surface area contributed by atoms with Gasteiger partial charge >= 0.3 is 0 Å². The highest BCUT2D eigenvalue weighted by molar-refractivity contribution is 6.00. The number of amides is 12. The van der Waals surface area contributed by atoms with Gasteiger partial charge in [0.2, 0.25) is 70.9 Å². The second-order valence-corrected chi connectivity index (χ2v) is 28.7. The lowest BCUT2D eigenvalue weighted by atomic mass is 9.97. The van der Waals surface area contributed by atoms with E-state index < -0.39 is 162 Å². The highest BCUT2D eigenvalue weighted by Gasteiger charge is 2.44. The van der Waals surface area contributed by atoms with E-state index in [4.69, 9.17) is 0 Å². The molecule has 2 fully saturated rings. The zero-order valence-electron chi connectivity index (χ0n) is 61.7. The summed E-state index contributed by atoms with van der Waals surface area (Å²) in [5, 5.41) is 25.2. The first-order chi connectivity index (χ1) is 47.1. The van der Waals surface area contributed by atoms with E-state index in [2.05, 4.69) is 26.6 Å². The number of aliphatic hydroxyl groups excluding tert-OH is 1. The van der Waals surface area contributed by atoms with E-state index >= 15 is 19.2 Å². The number of benzene rings is 3. The summed E-state index contributed by atoms with van der Waals surface area (Å²) >= 11 is 0. The van der Waals surface area contributed by atoms with Crippen LogP contribution in [-0.2, 0) is 76.8 Å². The van der Waals surface area contributed by atoms with E-state index in [9.17, 15) is 43.5 Å². The Morgan fingerprint density at radius 3 is 1.46 bits per heavy atom. The number of likely N-dealkylation sites (N-methyl/N-ethyl adjacent to an activating group) is 6. The number of piperidine rings is 1. The Morgan fingerprint density at radius 1 is 0.480 bits per heavy atom. The van der Waals surface area contributed by atoms with Gasteiger partial charge in [-0.1, -0.05) is 146 Å². The molecular weight excluding hydrogens is 1280 g/mol. The van der Waals surface area contributed by atoms with Gasteiger partial charge in [-0.15, -0.1) is 0 Å². The molecule has 0 radical (unpaired) electrons. The van der Waals surface area contributed by atoms with Gasteiger partial charge in [-0.25, -0.2) is 0 Å². The van der Waals surface area contributed by atoms with Gasteiger partial charge in [-0.2, -0.15) is 0 Å². The quantitative estimate of drug-likeness (QED) is 0.119. The van der Waals surface area contributed by atoms with E-state index in [1.54, 1.807) is 93.3 Å². The number of aryl methyl sites for hydroxylation is 1. The molecule has 25 heteroatoms. The van der Waals surface area contributed by atoms with Crippen LogP contribution in [0.4, 0.5) is 0 Å². The van der Waals surface area contributed by atoms with E-state index in [1.165, 1.54) is 75.7 Å². The van der Waals surface area contributed by atoms with Crippen molar-refractivity contribution < 1.29 is 62.6 Å². The largest absolute Gasteiger partial charge is 0.391 e. The van der Waals surface area contributed by atoms with Crippen LogP contribution in [0, 0.1) is 23.7 Å². The van der Waals surface area contributed by atoms with Crippen LogP contribution in [-0.4, -0.2) is 239 Å². The summed E-state index contributed by atoms with van der Waals surface area (Å²) in [6, 6.07) is 13.8. The Morgan fingerprint density at radius 2 is 0.950 bits per heavy atom. The SMILES string of the molecule is CC(C)C[C@H]1C(=O)N[C@@H](CCCc2ccccc2)C(=O)N(C)[C@@H](Cc2ccccc2)C(=O)N(C)[C@@H](C(C)C)C(=O)N[C@H](C(=O)N2CCCCC2)CC(=O)N[C@H](C)C(=O)N(C)C(Cc2ccccc2)C(=O)N[C@@H](C(C)C)C(=O)N(C)[C@@H](CC(C)C)C(=O)NC([C@@H](C)O)C(=O)N(C)CC(=O)N1C. The van der Waals surface area contributed by atoms with E-state index in [0.717, 1.165) is 21.8 Å². The third-order valence-corrected chi connectivity index (χ3v) is 19.0. The molecule has 2 aliphatic heterocycles. The summed E-state index contributed by atoms with van der Waals surface area (Å²) < 4.78 is 0. The molecule has 6 N–H and O–H groups in total. The minimum atomic E-state index is -1.65. The van der Waals surface area contributed by atoms with Gasteiger partial charge in [0, 0.05) is 68.2 Å². The summed E-state index contributed by atoms with van der Waals surface area (Å²) in [6.45, 7) is 16.9. The van der Waals surface area contributed by atoms with Crippen LogP contribution in [0.3, 0.4) is 0 Å². The molecule has 0 bridgehead atoms. The summed E-state index contributed by atoms with van der Waals surface area (Å²) in [4.78, 5) is 187. The second-order valence-electron chi connectivity index (χ2n) is 28.7. The molecule has 11 atom stereocenters. The van der Waals surface area contributed by atoms with E-state index in [0.29, 0.717) is 49.9 Å². The van der Waals surface area contributed by atoms with Crippen molar-refractivity contribution in [3.63, 3.8) is 0 Å². The van der Waals surface area contributed by atoms with Crippen molar-refractivity contribution in [2.75, 3.05) is 61.9 Å². The number of carbonyl (C=O) groups is 12. The number of aliphatic hydroxyl groups is 1. The van der Waals surface area contributed by atoms with Crippen LogP contribution in [0.15, 0.2) is 91.0 Å². The lowest BCUT2D eigenvalue weighted by molar-refractivity contribution is -0.151. The van der Waals surface area contributed by atoms with Gasteiger partial charge in [0.1, 0.15) is 60.4 Å². The van der Waals surface area contributed by atoms with Crippen molar-refractivity contribution in [1.29, 1.82) is 0 Å². The molecule has 25 nitrogen and oxygen atoms in total. The average Bonchev–Trinajstić information content (AvgIpc) is 0.812. The zero-order valence-corrected chi connectivity index (χ0v) is 61.7. The van der Waals surface area contributed by atoms with Crippen LogP contribution in [0.5, 0.6) is 0 Å². The topological polar surface area (TPSA) is 308 Å². The van der Waals surface area contributed by atoms with Gasteiger partial charge in [-0.05, 0) is 106 Å². The summed E-state index contributed by atoms with van der Waals surface area (Å²) in [6.07, 6.45) is 1.05. The molecule has 12 amide bonds. The number of hydrogen-bond donors (Lipinski definition) is 6. The molecule has 2 heterocycles. The monoisotopic (exact) mass is 1390 g/mol. The summed E-state index contributed by atoms with van der Waals surface area (Å²) in [5.74, 6) is -10.4. The van der Waals surface area contributed by atoms with Crippen molar-refractivity contribution >= 4 is 70.9 Å². The standard InChI is InChI=1S/C75H112N12O13/c1-46(2)40-57-66(91)77-55(37-29-36-52-30-21-17-22-31-52)71(96)85(15)60(43-54-34-25-19-26-35-54)73(98)86(16)65(49(7)8)69(94)78-56(72(97)87-38-27-20-28-39-87)44-61(89)76-50(9)70(95)83(13)59(42-53-32-23-18-24-33-53)68(93)79-63(48(5)6)75(100)84(14)58(41-47(3)4)67(92)80-64(51(10)88)74(99)81(11)45-62(90)82(57)12/h17-19,21-26,30-35,46-51,55-60,63-65,88H,20,27-29,36-45H2,1-16H3,(H,76,89)(H,77,91)(H,78,94)(H,79,93)(H,80,92)/t50-,51-,55+,56+,57+,58+,59?,60+,63+,64?,65+/m1/s1. The molecule has 0 aromatic heterocycles. The Kier molecular flexibility index (Phi) is 31.7. The van der Waals surface area contributed by atoms with E-state index in [-0.39, 0.29) is 43.9 Å². The van der Waals surface area contributed by atoms with Crippen molar-refractivity contribution in [3.8, 4) is 0 Å². The number of likely N-dealkylation sites (tertiary alicyclic amines) is 1. The lowest BCUT2D eigenvalue weighted by Gasteiger charge is -2.38. The minimum absolute atomic E-state index is 0.0455. The molecule has 0 aliphatic carbocycles. The van der Waals surface area contributed by atoms with Crippen LogP contribution < -0.4 is 26.6 Å². The van der Waals surface area contributed by atoms with Crippen molar-refractivity contribution in [2.45, 2.75) is 206 Å². The predicted octanol–water partition coefficient (Wildman–Crippen LogP) is 3.73. The second kappa shape index (κ2) is 38.7. The molecular formula is C75H112N12O13. The number of rotatable bonds is 16. The molecule has 550 valence electrons. The highest BCUT2D eigenvalue weighted by Crippen LogP contribution is 2.23. The summed E-state index contributed by atoms with van der Waals surface area (Å²) in [7, 11) is 8.36. The fourth-order valence-electron chi connectivity index (χ4n) is 13.0. The first kappa shape index (κ1) is 81.9. The van der Waals surface area contributed by atoms with Crippen molar-refractivity contribution in [2.24, 2.45) is 23.7 Å². The molecule has 2 unspecified atom stereocenters. The Hall–Kier alpha value is -8.74. The van der Waals surface area contributed by atoms with Gasteiger partial charge in [-0.3, -0.25) is 57.5 Å². The average molecular weight is 1390 g/mol. The summed E-state index contributed by atoms with van der Waals surface area (Å²) in [5.41, 5.74) is 2.27. The zero-order chi connectivity index (χ0) is 74.4. The molecule has 100 heavy (non-hydrogen) atoms. The minimum Gasteiger partial charge on any atom is -0.391 e. The van der Waals surface area contributed by atoms with Gasteiger partial charge in [0.15, 0.2) is 0 Å². The number of nitrogens with one attached hydrogen (secondary N) is 5. The Labute approximate surface area is 591 Å². The first-order valence-corrected chi connectivity index (χ1v) is 35.3. The third kappa shape index (κ3) is 23.2. The number of carbonyl (C=O) groups excluding carboxylic acids is 12. The highest BCUT2D eigenvalue weighted by atomic mass is 16.3. The molecule has 0 saturated carbocycles. The molecule has 2 aliphatic rings.